The Hall–Kier alpha value is -0.890. The van der Waals surface area contributed by atoms with Gasteiger partial charge in [-0.3, -0.25) is 4.98 Å². The Balaban J connectivity index is 2.00. The minimum atomic E-state index is 0.815. The molecule has 1 saturated carbocycles. The van der Waals surface area contributed by atoms with Crippen LogP contribution >= 0.6 is 0 Å². The van der Waals surface area contributed by atoms with Gasteiger partial charge in [0.2, 0.25) is 0 Å². The first-order valence-corrected chi connectivity index (χ1v) is 7.92. The standard InChI is InChI=1S/C17H28N2/c1-3-14-9-10-17(19-12-14)11-15-7-5-4-6-8-16(15)13-18-2/h9-10,12,15-16,18H,3-8,11,13H2,1-2H3. The first kappa shape index (κ1) is 14.5. The first-order valence-electron chi connectivity index (χ1n) is 7.92. The van der Waals surface area contributed by atoms with Gasteiger partial charge in [0.1, 0.15) is 0 Å². The van der Waals surface area contributed by atoms with Crippen molar-refractivity contribution in [3.63, 3.8) is 0 Å². The molecular weight excluding hydrogens is 232 g/mol. The van der Waals surface area contributed by atoms with Crippen molar-refractivity contribution in [3.05, 3.63) is 29.6 Å². The van der Waals surface area contributed by atoms with Gasteiger partial charge in [-0.05, 0) is 62.7 Å². The van der Waals surface area contributed by atoms with Crippen LogP contribution in [0.5, 0.6) is 0 Å². The van der Waals surface area contributed by atoms with E-state index in [1.165, 1.54) is 43.4 Å². The van der Waals surface area contributed by atoms with Gasteiger partial charge in [-0.15, -0.1) is 0 Å². The molecule has 2 heteroatoms. The molecule has 1 aliphatic carbocycles. The number of hydrogen-bond acceptors (Lipinski definition) is 2. The molecule has 2 atom stereocenters. The monoisotopic (exact) mass is 260 g/mol. The van der Waals surface area contributed by atoms with Crippen molar-refractivity contribution >= 4 is 0 Å². The first-order chi connectivity index (χ1) is 9.33. The molecule has 1 aromatic rings. The van der Waals surface area contributed by atoms with Crippen molar-refractivity contribution in [1.29, 1.82) is 0 Å². The molecule has 0 saturated heterocycles. The Kier molecular flexibility index (Phi) is 5.84. The zero-order chi connectivity index (χ0) is 13.5. The summed E-state index contributed by atoms with van der Waals surface area (Å²) in [5, 5.41) is 3.38. The van der Waals surface area contributed by atoms with Crippen LogP contribution in [0, 0.1) is 11.8 Å². The molecule has 19 heavy (non-hydrogen) atoms. The SMILES string of the molecule is CCc1ccc(CC2CCCCCC2CNC)nc1. The van der Waals surface area contributed by atoms with Crippen LogP contribution in [0.25, 0.3) is 0 Å². The molecule has 2 rings (SSSR count). The highest BCUT2D eigenvalue weighted by molar-refractivity contribution is 5.14. The second-order valence-electron chi connectivity index (χ2n) is 5.93. The molecule has 1 N–H and O–H groups in total. The summed E-state index contributed by atoms with van der Waals surface area (Å²) in [5.74, 6) is 1.65. The maximum atomic E-state index is 4.65. The van der Waals surface area contributed by atoms with E-state index >= 15 is 0 Å². The highest BCUT2D eigenvalue weighted by Crippen LogP contribution is 2.30. The van der Waals surface area contributed by atoms with E-state index in [0.717, 1.165) is 31.2 Å². The second kappa shape index (κ2) is 7.64. The van der Waals surface area contributed by atoms with Crippen LogP contribution in [0.4, 0.5) is 0 Å². The van der Waals surface area contributed by atoms with Gasteiger partial charge in [0.25, 0.3) is 0 Å². The second-order valence-corrected chi connectivity index (χ2v) is 5.93. The summed E-state index contributed by atoms with van der Waals surface area (Å²) in [6.07, 6.45) is 11.3. The summed E-state index contributed by atoms with van der Waals surface area (Å²) in [4.78, 5) is 4.65. The Morgan fingerprint density at radius 1 is 1.16 bits per heavy atom. The third-order valence-electron chi connectivity index (χ3n) is 4.55. The van der Waals surface area contributed by atoms with Crippen LogP contribution in [-0.4, -0.2) is 18.6 Å². The molecule has 0 amide bonds. The van der Waals surface area contributed by atoms with Gasteiger partial charge in [-0.2, -0.15) is 0 Å². The van der Waals surface area contributed by atoms with Crippen molar-refractivity contribution in [3.8, 4) is 0 Å². The molecule has 1 aliphatic rings. The van der Waals surface area contributed by atoms with E-state index in [9.17, 15) is 0 Å². The molecule has 1 aromatic heterocycles. The van der Waals surface area contributed by atoms with E-state index in [1.54, 1.807) is 0 Å². The lowest BCUT2D eigenvalue weighted by Crippen LogP contribution is -2.26. The molecule has 1 fully saturated rings. The molecule has 0 aliphatic heterocycles. The lowest BCUT2D eigenvalue weighted by molar-refractivity contribution is 0.302. The maximum Gasteiger partial charge on any atom is 0.0406 e. The smallest absolute Gasteiger partial charge is 0.0406 e. The molecule has 0 spiro atoms. The molecule has 1 heterocycles. The predicted molar refractivity (Wildman–Crippen MR) is 81.3 cm³/mol. The van der Waals surface area contributed by atoms with E-state index in [1.807, 2.05) is 0 Å². The van der Waals surface area contributed by atoms with E-state index in [-0.39, 0.29) is 0 Å². The molecule has 106 valence electrons. The van der Waals surface area contributed by atoms with Crippen LogP contribution in [0.15, 0.2) is 18.3 Å². The zero-order valence-electron chi connectivity index (χ0n) is 12.5. The number of hydrogen-bond donors (Lipinski definition) is 1. The van der Waals surface area contributed by atoms with Gasteiger partial charge >= 0.3 is 0 Å². The fourth-order valence-corrected chi connectivity index (χ4v) is 3.31. The number of aryl methyl sites for hydroxylation is 1. The van der Waals surface area contributed by atoms with Crippen molar-refractivity contribution in [2.75, 3.05) is 13.6 Å². The quantitative estimate of drug-likeness (QED) is 0.818. The molecule has 2 unspecified atom stereocenters. The fraction of sp³-hybridized carbons (Fsp3) is 0.706. The summed E-state index contributed by atoms with van der Waals surface area (Å²) in [7, 11) is 2.08. The van der Waals surface area contributed by atoms with Gasteiger partial charge in [-0.1, -0.05) is 32.3 Å². The fourth-order valence-electron chi connectivity index (χ4n) is 3.31. The predicted octanol–water partition coefficient (Wildman–Crippen LogP) is 3.60. The highest BCUT2D eigenvalue weighted by atomic mass is 14.8. The Bertz CT molecular complexity index is 358. The van der Waals surface area contributed by atoms with Crippen LogP contribution in [-0.2, 0) is 12.8 Å². The zero-order valence-corrected chi connectivity index (χ0v) is 12.5. The van der Waals surface area contributed by atoms with Crippen molar-refractivity contribution in [2.24, 2.45) is 11.8 Å². The van der Waals surface area contributed by atoms with E-state index in [4.69, 9.17) is 0 Å². The van der Waals surface area contributed by atoms with Gasteiger partial charge in [0, 0.05) is 11.9 Å². The summed E-state index contributed by atoms with van der Waals surface area (Å²) in [5.41, 5.74) is 2.63. The van der Waals surface area contributed by atoms with Crippen LogP contribution in [0.3, 0.4) is 0 Å². The minimum absolute atomic E-state index is 0.815. The van der Waals surface area contributed by atoms with E-state index in [2.05, 4.69) is 42.6 Å². The summed E-state index contributed by atoms with van der Waals surface area (Å²) < 4.78 is 0. The van der Waals surface area contributed by atoms with E-state index < -0.39 is 0 Å². The minimum Gasteiger partial charge on any atom is -0.319 e. The maximum absolute atomic E-state index is 4.65. The average Bonchev–Trinajstić information content (AvgIpc) is 2.66. The molecule has 0 bridgehead atoms. The van der Waals surface area contributed by atoms with Gasteiger partial charge in [0.05, 0.1) is 0 Å². The van der Waals surface area contributed by atoms with Gasteiger partial charge in [0.15, 0.2) is 0 Å². The normalized spacial score (nSPS) is 24.1. The van der Waals surface area contributed by atoms with E-state index in [0.29, 0.717) is 0 Å². The highest BCUT2D eigenvalue weighted by Gasteiger charge is 2.23. The van der Waals surface area contributed by atoms with Crippen LogP contribution < -0.4 is 5.32 Å². The third-order valence-corrected chi connectivity index (χ3v) is 4.55. The topological polar surface area (TPSA) is 24.9 Å². The summed E-state index contributed by atoms with van der Waals surface area (Å²) in [6.45, 7) is 3.35. The Labute approximate surface area is 118 Å². The van der Waals surface area contributed by atoms with Gasteiger partial charge in [-0.25, -0.2) is 0 Å². The van der Waals surface area contributed by atoms with Gasteiger partial charge < -0.3 is 5.32 Å². The average molecular weight is 260 g/mol. The lowest BCUT2D eigenvalue weighted by atomic mass is 9.84. The van der Waals surface area contributed by atoms with Crippen LogP contribution in [0.2, 0.25) is 0 Å². The molecule has 0 aromatic carbocycles. The third kappa shape index (κ3) is 4.31. The van der Waals surface area contributed by atoms with Crippen LogP contribution in [0.1, 0.15) is 50.3 Å². The number of pyridine rings is 1. The van der Waals surface area contributed by atoms with Crippen molar-refractivity contribution in [2.45, 2.75) is 51.9 Å². The summed E-state index contributed by atoms with van der Waals surface area (Å²) >= 11 is 0. The molecular formula is C17H28N2. The Morgan fingerprint density at radius 3 is 2.58 bits per heavy atom. The largest absolute Gasteiger partial charge is 0.319 e. The molecule has 0 radical (unpaired) electrons. The molecule has 2 nitrogen and oxygen atoms in total. The van der Waals surface area contributed by atoms with Crippen molar-refractivity contribution in [1.82, 2.24) is 10.3 Å². The summed E-state index contributed by atoms with van der Waals surface area (Å²) in [6, 6.07) is 4.48. The van der Waals surface area contributed by atoms with Crippen molar-refractivity contribution < 1.29 is 0 Å². The number of nitrogens with one attached hydrogen (secondary N) is 1. The number of nitrogens with zero attached hydrogens (tertiary/aromatic N) is 1. The number of rotatable bonds is 5. The lowest BCUT2D eigenvalue weighted by Gasteiger charge is -2.24. The number of aromatic nitrogens is 1. The Morgan fingerprint density at radius 2 is 1.95 bits per heavy atom.